The number of nitrogens with zero attached hydrogens (tertiary/aromatic N) is 1. The number of imide groups is 1. The SMILES string of the molecule is CC.CC.CCc1cccc2c1C(=O)N(C)C2=O. The number of hydrogen-bond donors (Lipinski definition) is 0. The maximum absolute atomic E-state index is 11.7. The van der Waals surface area contributed by atoms with Gasteiger partial charge in [0.15, 0.2) is 0 Å². The Morgan fingerprint density at radius 1 is 1.00 bits per heavy atom. The van der Waals surface area contributed by atoms with Gasteiger partial charge in [0.05, 0.1) is 11.1 Å². The number of rotatable bonds is 1. The number of hydrogen-bond acceptors (Lipinski definition) is 2. The lowest BCUT2D eigenvalue weighted by Gasteiger charge is -2.04. The molecule has 0 atom stereocenters. The molecule has 1 heterocycles. The van der Waals surface area contributed by atoms with E-state index >= 15 is 0 Å². The van der Waals surface area contributed by atoms with Crippen LogP contribution in [0, 0.1) is 0 Å². The summed E-state index contributed by atoms with van der Waals surface area (Å²) in [5, 5.41) is 0. The molecular weight excluding hydrogens is 226 g/mol. The van der Waals surface area contributed by atoms with Crippen molar-refractivity contribution in [2.24, 2.45) is 0 Å². The molecule has 0 saturated heterocycles. The summed E-state index contributed by atoms with van der Waals surface area (Å²) in [6.07, 6.45) is 0.774. The lowest BCUT2D eigenvalue weighted by Crippen LogP contribution is -2.24. The molecule has 0 fully saturated rings. The van der Waals surface area contributed by atoms with Gasteiger partial charge < -0.3 is 0 Å². The smallest absolute Gasteiger partial charge is 0.261 e. The van der Waals surface area contributed by atoms with Crippen LogP contribution in [0.25, 0.3) is 0 Å². The zero-order valence-electron chi connectivity index (χ0n) is 12.2. The fourth-order valence-corrected chi connectivity index (χ4v) is 1.77. The van der Waals surface area contributed by atoms with Gasteiger partial charge in [-0.05, 0) is 18.1 Å². The Balaban J connectivity index is 0.000000659. The maximum Gasteiger partial charge on any atom is 0.261 e. The summed E-state index contributed by atoms with van der Waals surface area (Å²) < 4.78 is 0. The molecule has 18 heavy (non-hydrogen) atoms. The Morgan fingerprint density at radius 2 is 1.56 bits per heavy atom. The highest BCUT2D eigenvalue weighted by atomic mass is 16.2. The second kappa shape index (κ2) is 7.64. The van der Waals surface area contributed by atoms with Gasteiger partial charge in [-0.1, -0.05) is 46.8 Å². The lowest BCUT2D eigenvalue weighted by molar-refractivity contribution is 0.0693. The Bertz CT molecular complexity index is 425. The van der Waals surface area contributed by atoms with Crippen molar-refractivity contribution >= 4 is 11.8 Å². The van der Waals surface area contributed by atoms with E-state index in [9.17, 15) is 9.59 Å². The van der Waals surface area contributed by atoms with Gasteiger partial charge in [-0.3, -0.25) is 14.5 Å². The summed E-state index contributed by atoms with van der Waals surface area (Å²) in [5.41, 5.74) is 2.07. The van der Waals surface area contributed by atoms with E-state index < -0.39 is 0 Å². The van der Waals surface area contributed by atoms with Crippen molar-refractivity contribution in [2.45, 2.75) is 41.0 Å². The minimum atomic E-state index is -0.194. The van der Waals surface area contributed by atoms with Crippen LogP contribution in [0.4, 0.5) is 0 Å². The zero-order valence-corrected chi connectivity index (χ0v) is 12.2. The standard InChI is InChI=1S/C11H11NO2.2C2H6/c1-3-7-5-4-6-8-9(7)11(14)12(2)10(8)13;2*1-2/h4-6H,3H2,1-2H3;2*1-2H3. The normalized spacial score (nSPS) is 12.2. The zero-order chi connectivity index (χ0) is 14.3. The van der Waals surface area contributed by atoms with Gasteiger partial charge in [0.2, 0.25) is 0 Å². The molecule has 3 nitrogen and oxygen atoms in total. The van der Waals surface area contributed by atoms with Crippen molar-refractivity contribution in [2.75, 3.05) is 7.05 Å². The van der Waals surface area contributed by atoms with Crippen molar-refractivity contribution in [1.82, 2.24) is 4.90 Å². The predicted molar refractivity (Wildman–Crippen MR) is 74.9 cm³/mol. The lowest BCUT2D eigenvalue weighted by atomic mass is 10.0. The van der Waals surface area contributed by atoms with Crippen molar-refractivity contribution in [3.63, 3.8) is 0 Å². The Labute approximate surface area is 110 Å². The maximum atomic E-state index is 11.7. The highest BCUT2D eigenvalue weighted by Gasteiger charge is 2.33. The predicted octanol–water partition coefficient (Wildman–Crippen LogP) is 3.53. The molecule has 2 rings (SSSR count). The molecule has 0 saturated carbocycles. The first-order valence-electron chi connectivity index (χ1n) is 6.61. The number of amides is 2. The Hall–Kier alpha value is -1.64. The fourth-order valence-electron chi connectivity index (χ4n) is 1.77. The summed E-state index contributed by atoms with van der Waals surface area (Å²) in [6.45, 7) is 9.98. The summed E-state index contributed by atoms with van der Waals surface area (Å²) in [5.74, 6) is -0.372. The summed E-state index contributed by atoms with van der Waals surface area (Å²) in [6, 6.07) is 5.42. The minimum Gasteiger partial charge on any atom is -0.277 e. The monoisotopic (exact) mass is 249 g/mol. The molecule has 0 aromatic heterocycles. The number of carbonyl (C=O) groups is 2. The number of carbonyl (C=O) groups excluding carboxylic acids is 2. The summed E-state index contributed by atoms with van der Waals surface area (Å²) in [7, 11) is 1.52. The Morgan fingerprint density at radius 3 is 2.06 bits per heavy atom. The molecule has 1 aliphatic heterocycles. The van der Waals surface area contributed by atoms with Gasteiger partial charge >= 0.3 is 0 Å². The van der Waals surface area contributed by atoms with Crippen LogP contribution in [-0.4, -0.2) is 23.8 Å². The highest BCUT2D eigenvalue weighted by Crippen LogP contribution is 2.24. The summed E-state index contributed by atoms with van der Waals surface area (Å²) in [4.78, 5) is 24.4. The van der Waals surface area contributed by atoms with E-state index in [4.69, 9.17) is 0 Å². The van der Waals surface area contributed by atoms with Gasteiger partial charge in [0.1, 0.15) is 0 Å². The number of fused-ring (bicyclic) bond motifs is 1. The van der Waals surface area contributed by atoms with Crippen LogP contribution in [0.3, 0.4) is 0 Å². The third kappa shape index (κ3) is 2.78. The molecular formula is C15H23NO2. The van der Waals surface area contributed by atoms with E-state index in [-0.39, 0.29) is 11.8 Å². The van der Waals surface area contributed by atoms with Gasteiger partial charge in [-0.15, -0.1) is 0 Å². The van der Waals surface area contributed by atoms with Gasteiger partial charge in [0, 0.05) is 7.05 Å². The van der Waals surface area contributed by atoms with E-state index in [0.29, 0.717) is 11.1 Å². The molecule has 1 aromatic carbocycles. The first-order valence-corrected chi connectivity index (χ1v) is 6.61. The molecule has 1 aromatic rings. The van der Waals surface area contributed by atoms with Crippen LogP contribution in [0.1, 0.15) is 60.9 Å². The first kappa shape index (κ1) is 16.4. The molecule has 2 amide bonds. The molecule has 0 spiro atoms. The van der Waals surface area contributed by atoms with Crippen LogP contribution < -0.4 is 0 Å². The largest absolute Gasteiger partial charge is 0.277 e. The molecule has 100 valence electrons. The number of aryl methyl sites for hydroxylation is 1. The van der Waals surface area contributed by atoms with Crippen LogP contribution in [0.2, 0.25) is 0 Å². The van der Waals surface area contributed by atoms with E-state index in [2.05, 4.69) is 0 Å². The first-order chi connectivity index (χ1) is 8.66. The van der Waals surface area contributed by atoms with Crippen LogP contribution in [-0.2, 0) is 6.42 Å². The number of benzene rings is 1. The van der Waals surface area contributed by atoms with Crippen LogP contribution in [0.15, 0.2) is 18.2 Å². The second-order valence-electron chi connectivity index (χ2n) is 3.36. The van der Waals surface area contributed by atoms with Crippen molar-refractivity contribution in [3.05, 3.63) is 34.9 Å². The molecule has 0 N–H and O–H groups in total. The third-order valence-corrected chi connectivity index (χ3v) is 2.59. The molecule has 0 radical (unpaired) electrons. The van der Waals surface area contributed by atoms with Crippen LogP contribution >= 0.6 is 0 Å². The van der Waals surface area contributed by atoms with Crippen LogP contribution in [0.5, 0.6) is 0 Å². The molecule has 3 heteroatoms. The minimum absolute atomic E-state index is 0.178. The van der Waals surface area contributed by atoms with Crippen molar-refractivity contribution in [1.29, 1.82) is 0 Å². The molecule has 0 unspecified atom stereocenters. The van der Waals surface area contributed by atoms with E-state index in [1.54, 1.807) is 6.07 Å². The average Bonchev–Trinajstić information content (AvgIpc) is 2.68. The fraction of sp³-hybridized carbons (Fsp3) is 0.467. The topological polar surface area (TPSA) is 37.4 Å². The van der Waals surface area contributed by atoms with Crippen molar-refractivity contribution < 1.29 is 9.59 Å². The summed E-state index contributed by atoms with van der Waals surface area (Å²) >= 11 is 0. The average molecular weight is 249 g/mol. The quantitative estimate of drug-likeness (QED) is 0.714. The van der Waals surface area contributed by atoms with Crippen molar-refractivity contribution in [3.8, 4) is 0 Å². The van der Waals surface area contributed by atoms with E-state index in [1.807, 2.05) is 46.8 Å². The third-order valence-electron chi connectivity index (χ3n) is 2.59. The molecule has 0 aliphatic carbocycles. The second-order valence-corrected chi connectivity index (χ2v) is 3.36. The van der Waals surface area contributed by atoms with Gasteiger partial charge in [0.25, 0.3) is 11.8 Å². The Kier molecular flexibility index (Phi) is 6.94. The molecule has 0 bridgehead atoms. The molecule has 1 aliphatic rings. The van der Waals surface area contributed by atoms with E-state index in [1.165, 1.54) is 11.9 Å². The highest BCUT2D eigenvalue weighted by molar-refractivity contribution is 6.21. The van der Waals surface area contributed by atoms with Gasteiger partial charge in [-0.2, -0.15) is 0 Å². The van der Waals surface area contributed by atoms with E-state index in [0.717, 1.165) is 12.0 Å². The van der Waals surface area contributed by atoms with Gasteiger partial charge in [-0.25, -0.2) is 0 Å².